The van der Waals surface area contributed by atoms with Crippen molar-refractivity contribution in [2.75, 3.05) is 33.1 Å². The number of nitrogens with one attached hydrogen (secondary N) is 2. The smallest absolute Gasteiger partial charge is 0.191 e. The maximum atomic E-state index is 13.3. The SMILES string of the molecule is CCNC(=NCc1ccc(F)cc1CSC)NCCCOC.I. The Labute approximate surface area is 160 Å². The van der Waals surface area contributed by atoms with Crippen LogP contribution in [0.5, 0.6) is 0 Å². The van der Waals surface area contributed by atoms with Crippen LogP contribution in [0, 0.1) is 5.82 Å². The van der Waals surface area contributed by atoms with E-state index in [0.717, 1.165) is 49.0 Å². The highest BCUT2D eigenvalue weighted by atomic mass is 127. The fourth-order valence-electron chi connectivity index (χ4n) is 1.97. The standard InChI is InChI=1S/C16H26FN3OS.HI/c1-4-18-16(19-8-5-9-21-2)20-11-13-6-7-15(17)10-14(13)12-22-3;/h6-7,10H,4-5,8-9,11-12H2,1-3H3,(H2,18,19,20);1H. The lowest BCUT2D eigenvalue weighted by molar-refractivity contribution is 0.195. The molecular formula is C16H27FIN3OS. The second-order valence-electron chi connectivity index (χ2n) is 4.81. The third-order valence-corrected chi connectivity index (χ3v) is 3.64. The van der Waals surface area contributed by atoms with Crippen molar-refractivity contribution in [2.24, 2.45) is 4.99 Å². The molecule has 0 unspecified atom stereocenters. The molecule has 0 aliphatic heterocycles. The number of ether oxygens (including phenoxy) is 1. The van der Waals surface area contributed by atoms with Crippen molar-refractivity contribution in [2.45, 2.75) is 25.6 Å². The first-order chi connectivity index (χ1) is 10.7. The molecule has 132 valence electrons. The number of hydrogen-bond acceptors (Lipinski definition) is 3. The Hall–Kier alpha value is -0.540. The summed E-state index contributed by atoms with van der Waals surface area (Å²) in [5.74, 6) is 1.37. The van der Waals surface area contributed by atoms with Gasteiger partial charge in [0, 0.05) is 32.6 Å². The molecular weight excluding hydrogens is 428 g/mol. The van der Waals surface area contributed by atoms with Gasteiger partial charge in [0.15, 0.2) is 5.96 Å². The van der Waals surface area contributed by atoms with E-state index < -0.39 is 0 Å². The molecule has 1 aromatic rings. The summed E-state index contributed by atoms with van der Waals surface area (Å²) in [7, 11) is 1.70. The summed E-state index contributed by atoms with van der Waals surface area (Å²) in [6.45, 7) is 4.90. The number of thioether (sulfide) groups is 1. The molecule has 0 aliphatic rings. The largest absolute Gasteiger partial charge is 0.385 e. The molecule has 0 fully saturated rings. The molecule has 1 rings (SSSR count). The zero-order chi connectivity index (χ0) is 16.2. The number of methoxy groups -OCH3 is 1. The summed E-state index contributed by atoms with van der Waals surface area (Å²) in [5.41, 5.74) is 2.07. The van der Waals surface area contributed by atoms with Crippen LogP contribution in [0.15, 0.2) is 23.2 Å². The molecule has 7 heteroatoms. The maximum absolute atomic E-state index is 13.3. The van der Waals surface area contributed by atoms with Crippen molar-refractivity contribution in [3.8, 4) is 0 Å². The van der Waals surface area contributed by atoms with Gasteiger partial charge in [-0.1, -0.05) is 6.07 Å². The van der Waals surface area contributed by atoms with Crippen molar-refractivity contribution in [1.29, 1.82) is 0 Å². The monoisotopic (exact) mass is 455 g/mol. The van der Waals surface area contributed by atoms with Crippen LogP contribution < -0.4 is 10.6 Å². The lowest BCUT2D eigenvalue weighted by Gasteiger charge is -2.12. The minimum Gasteiger partial charge on any atom is -0.385 e. The van der Waals surface area contributed by atoms with Crippen LogP contribution in [0.2, 0.25) is 0 Å². The molecule has 0 aliphatic carbocycles. The number of nitrogens with zero attached hydrogens (tertiary/aromatic N) is 1. The van der Waals surface area contributed by atoms with Crippen molar-refractivity contribution >= 4 is 41.7 Å². The van der Waals surface area contributed by atoms with Crippen molar-refractivity contribution in [3.05, 3.63) is 35.1 Å². The minimum atomic E-state index is -0.193. The van der Waals surface area contributed by atoms with Gasteiger partial charge < -0.3 is 15.4 Å². The zero-order valence-electron chi connectivity index (χ0n) is 14.0. The van der Waals surface area contributed by atoms with E-state index in [-0.39, 0.29) is 29.8 Å². The summed E-state index contributed by atoms with van der Waals surface area (Å²) < 4.78 is 18.4. The molecule has 1 aromatic carbocycles. The maximum Gasteiger partial charge on any atom is 0.191 e. The van der Waals surface area contributed by atoms with Crippen molar-refractivity contribution < 1.29 is 9.13 Å². The van der Waals surface area contributed by atoms with E-state index in [1.54, 1.807) is 24.9 Å². The molecule has 0 amide bonds. The quantitative estimate of drug-likeness (QED) is 0.259. The summed E-state index contributed by atoms with van der Waals surface area (Å²) >= 11 is 1.68. The zero-order valence-corrected chi connectivity index (χ0v) is 17.2. The van der Waals surface area contributed by atoms with Crippen LogP contribution in [0.3, 0.4) is 0 Å². The van der Waals surface area contributed by atoms with Gasteiger partial charge >= 0.3 is 0 Å². The van der Waals surface area contributed by atoms with E-state index in [1.165, 1.54) is 6.07 Å². The highest BCUT2D eigenvalue weighted by Crippen LogP contribution is 2.17. The second kappa shape index (κ2) is 13.9. The Morgan fingerprint density at radius 1 is 1.30 bits per heavy atom. The van der Waals surface area contributed by atoms with Crippen LogP contribution in [0.1, 0.15) is 24.5 Å². The first-order valence-corrected chi connectivity index (χ1v) is 8.88. The average molecular weight is 455 g/mol. The highest BCUT2D eigenvalue weighted by molar-refractivity contribution is 14.0. The Morgan fingerprint density at radius 2 is 2.09 bits per heavy atom. The fraction of sp³-hybridized carbons (Fsp3) is 0.562. The summed E-state index contributed by atoms with van der Waals surface area (Å²) in [4.78, 5) is 4.58. The van der Waals surface area contributed by atoms with Crippen LogP contribution in [0.4, 0.5) is 4.39 Å². The molecule has 0 spiro atoms. The Balaban J connectivity index is 0.00000484. The van der Waals surface area contributed by atoms with Gasteiger partial charge in [0.2, 0.25) is 0 Å². The molecule has 0 atom stereocenters. The topological polar surface area (TPSA) is 45.7 Å². The molecule has 0 heterocycles. The van der Waals surface area contributed by atoms with Gasteiger partial charge in [-0.25, -0.2) is 9.38 Å². The number of aliphatic imine (C=N–C) groups is 1. The lowest BCUT2D eigenvalue weighted by atomic mass is 10.1. The van der Waals surface area contributed by atoms with Gasteiger partial charge in [-0.2, -0.15) is 11.8 Å². The summed E-state index contributed by atoms with van der Waals surface area (Å²) in [6.07, 6.45) is 2.94. The van der Waals surface area contributed by atoms with Gasteiger partial charge in [-0.3, -0.25) is 0 Å². The minimum absolute atomic E-state index is 0. The Kier molecular flexibility index (Phi) is 13.5. The molecule has 0 saturated carbocycles. The van der Waals surface area contributed by atoms with E-state index in [2.05, 4.69) is 15.6 Å². The Morgan fingerprint density at radius 3 is 2.74 bits per heavy atom. The third-order valence-electron chi connectivity index (χ3n) is 3.04. The van der Waals surface area contributed by atoms with Crippen molar-refractivity contribution in [3.63, 3.8) is 0 Å². The number of hydrogen-bond donors (Lipinski definition) is 2. The van der Waals surface area contributed by atoms with Gasteiger partial charge in [0.1, 0.15) is 5.82 Å². The second-order valence-corrected chi connectivity index (χ2v) is 5.68. The van der Waals surface area contributed by atoms with Crippen LogP contribution in [0.25, 0.3) is 0 Å². The third kappa shape index (κ3) is 9.36. The lowest BCUT2D eigenvalue weighted by Crippen LogP contribution is -2.38. The molecule has 4 nitrogen and oxygen atoms in total. The van der Waals surface area contributed by atoms with Crippen molar-refractivity contribution in [1.82, 2.24) is 10.6 Å². The number of benzene rings is 1. The van der Waals surface area contributed by atoms with E-state index in [1.807, 2.05) is 19.2 Å². The first kappa shape index (κ1) is 22.5. The number of guanidine groups is 1. The molecule has 0 saturated heterocycles. The van der Waals surface area contributed by atoms with Gasteiger partial charge in [0.25, 0.3) is 0 Å². The van der Waals surface area contributed by atoms with Gasteiger partial charge in [-0.05, 0) is 42.9 Å². The van der Waals surface area contributed by atoms with Crippen LogP contribution in [-0.4, -0.2) is 39.0 Å². The first-order valence-electron chi connectivity index (χ1n) is 7.48. The van der Waals surface area contributed by atoms with E-state index in [0.29, 0.717) is 6.54 Å². The molecule has 0 aromatic heterocycles. The number of rotatable bonds is 9. The summed E-state index contributed by atoms with van der Waals surface area (Å²) in [5, 5.41) is 6.48. The predicted molar refractivity (Wildman–Crippen MR) is 108 cm³/mol. The van der Waals surface area contributed by atoms with E-state index >= 15 is 0 Å². The van der Waals surface area contributed by atoms with E-state index in [9.17, 15) is 4.39 Å². The number of halogens is 2. The summed E-state index contributed by atoms with van der Waals surface area (Å²) in [6, 6.07) is 4.91. The van der Waals surface area contributed by atoms with Gasteiger partial charge in [0.05, 0.1) is 6.54 Å². The molecule has 23 heavy (non-hydrogen) atoms. The fourth-order valence-corrected chi connectivity index (χ4v) is 2.55. The van der Waals surface area contributed by atoms with Gasteiger partial charge in [-0.15, -0.1) is 24.0 Å². The normalized spacial score (nSPS) is 11.0. The Bertz CT molecular complexity index is 475. The molecule has 2 N–H and O–H groups in total. The predicted octanol–water partition coefficient (Wildman–Crippen LogP) is 3.40. The van der Waals surface area contributed by atoms with Crippen LogP contribution in [-0.2, 0) is 17.0 Å². The molecule has 0 bridgehead atoms. The average Bonchev–Trinajstić information content (AvgIpc) is 2.51. The highest BCUT2D eigenvalue weighted by Gasteiger charge is 2.04. The molecule has 0 radical (unpaired) electrons. The van der Waals surface area contributed by atoms with E-state index in [4.69, 9.17) is 4.74 Å². The van der Waals surface area contributed by atoms with Crippen LogP contribution >= 0.6 is 35.7 Å².